The highest BCUT2D eigenvalue weighted by atomic mass is 16.7. The molecular formula is C16H22N2O3. The predicted octanol–water partition coefficient (Wildman–Crippen LogP) is 1.92. The number of fused-ring (bicyclic) bond motifs is 1. The quantitative estimate of drug-likeness (QED) is 0.920. The fourth-order valence-corrected chi connectivity index (χ4v) is 2.91. The molecule has 1 amide bonds. The lowest BCUT2D eigenvalue weighted by atomic mass is 9.95. The average Bonchev–Trinajstić information content (AvgIpc) is 3.05. The standard InChI is InChI=1S/C16H22N2O3/c1-10(2)12-6-16(19)18(7-12)8-13(17)11-3-4-14-15(5-11)21-9-20-14/h3-5,10,12-13H,6-9,17H2,1-2H3. The maximum atomic E-state index is 12.1. The van der Waals surface area contributed by atoms with Gasteiger partial charge < -0.3 is 20.1 Å². The highest BCUT2D eigenvalue weighted by molar-refractivity contribution is 5.78. The molecule has 21 heavy (non-hydrogen) atoms. The largest absolute Gasteiger partial charge is 0.454 e. The maximum absolute atomic E-state index is 12.1. The van der Waals surface area contributed by atoms with E-state index in [0.717, 1.165) is 23.6 Å². The Morgan fingerprint density at radius 3 is 2.81 bits per heavy atom. The molecule has 0 aromatic heterocycles. The molecule has 0 bridgehead atoms. The smallest absolute Gasteiger partial charge is 0.231 e. The van der Waals surface area contributed by atoms with Crippen LogP contribution in [0.2, 0.25) is 0 Å². The maximum Gasteiger partial charge on any atom is 0.231 e. The van der Waals surface area contributed by atoms with Gasteiger partial charge in [0.1, 0.15) is 0 Å². The first-order valence-corrected chi connectivity index (χ1v) is 7.47. The van der Waals surface area contributed by atoms with Gasteiger partial charge in [-0.25, -0.2) is 0 Å². The van der Waals surface area contributed by atoms with Gasteiger partial charge in [-0.15, -0.1) is 0 Å². The van der Waals surface area contributed by atoms with Gasteiger partial charge in [-0.3, -0.25) is 4.79 Å². The van der Waals surface area contributed by atoms with E-state index in [1.807, 2.05) is 23.1 Å². The zero-order valence-electron chi connectivity index (χ0n) is 12.5. The molecule has 3 rings (SSSR count). The van der Waals surface area contributed by atoms with Crippen LogP contribution in [0.4, 0.5) is 0 Å². The molecule has 2 aliphatic heterocycles. The number of benzene rings is 1. The summed E-state index contributed by atoms with van der Waals surface area (Å²) in [5.41, 5.74) is 7.23. The number of carbonyl (C=O) groups is 1. The zero-order chi connectivity index (χ0) is 15.0. The fraction of sp³-hybridized carbons (Fsp3) is 0.562. The van der Waals surface area contributed by atoms with E-state index in [0.29, 0.717) is 24.8 Å². The number of carbonyl (C=O) groups excluding carboxylic acids is 1. The minimum Gasteiger partial charge on any atom is -0.454 e. The number of nitrogens with two attached hydrogens (primary N) is 1. The first-order valence-electron chi connectivity index (χ1n) is 7.47. The van der Waals surface area contributed by atoms with Gasteiger partial charge in [-0.1, -0.05) is 19.9 Å². The van der Waals surface area contributed by atoms with Crippen LogP contribution in [0.1, 0.15) is 31.9 Å². The van der Waals surface area contributed by atoms with Crippen molar-refractivity contribution in [2.75, 3.05) is 19.9 Å². The summed E-state index contributed by atoms with van der Waals surface area (Å²) in [7, 11) is 0. The summed E-state index contributed by atoms with van der Waals surface area (Å²) in [6, 6.07) is 5.53. The highest BCUT2D eigenvalue weighted by Crippen LogP contribution is 2.34. The summed E-state index contributed by atoms with van der Waals surface area (Å²) in [6.07, 6.45) is 0.644. The Bertz CT molecular complexity index is 544. The molecular weight excluding hydrogens is 268 g/mol. The van der Waals surface area contributed by atoms with Gasteiger partial charge in [0.25, 0.3) is 0 Å². The molecule has 1 aromatic carbocycles. The fourth-order valence-electron chi connectivity index (χ4n) is 2.91. The summed E-state index contributed by atoms with van der Waals surface area (Å²) in [5.74, 6) is 2.67. The van der Waals surface area contributed by atoms with Crippen LogP contribution in [0, 0.1) is 11.8 Å². The first-order chi connectivity index (χ1) is 10.0. The van der Waals surface area contributed by atoms with E-state index in [4.69, 9.17) is 15.2 Å². The van der Waals surface area contributed by atoms with Gasteiger partial charge >= 0.3 is 0 Å². The van der Waals surface area contributed by atoms with Crippen molar-refractivity contribution >= 4 is 5.91 Å². The predicted molar refractivity (Wildman–Crippen MR) is 79.0 cm³/mol. The van der Waals surface area contributed by atoms with E-state index in [-0.39, 0.29) is 18.7 Å². The minimum atomic E-state index is -0.200. The Morgan fingerprint density at radius 2 is 2.10 bits per heavy atom. The molecule has 1 aromatic rings. The lowest BCUT2D eigenvalue weighted by Gasteiger charge is -2.22. The molecule has 1 saturated heterocycles. The number of amides is 1. The first kappa shape index (κ1) is 14.2. The third kappa shape index (κ3) is 2.83. The normalized spacial score (nSPS) is 22.2. The molecule has 2 atom stereocenters. The summed E-state index contributed by atoms with van der Waals surface area (Å²) >= 11 is 0. The second kappa shape index (κ2) is 5.56. The Labute approximate surface area is 125 Å². The van der Waals surface area contributed by atoms with Gasteiger partial charge in [-0.05, 0) is 29.5 Å². The van der Waals surface area contributed by atoms with Crippen LogP contribution in [0.3, 0.4) is 0 Å². The zero-order valence-corrected chi connectivity index (χ0v) is 12.5. The number of ether oxygens (including phenoxy) is 2. The molecule has 5 nitrogen and oxygen atoms in total. The Hall–Kier alpha value is -1.75. The molecule has 2 unspecified atom stereocenters. The van der Waals surface area contributed by atoms with Crippen LogP contribution in [0.5, 0.6) is 11.5 Å². The number of hydrogen-bond acceptors (Lipinski definition) is 4. The number of likely N-dealkylation sites (tertiary alicyclic amines) is 1. The summed E-state index contributed by atoms with van der Waals surface area (Å²) < 4.78 is 10.7. The van der Waals surface area contributed by atoms with Crippen LogP contribution in [-0.4, -0.2) is 30.7 Å². The molecule has 1 fully saturated rings. The minimum absolute atomic E-state index is 0.200. The van der Waals surface area contributed by atoms with E-state index in [9.17, 15) is 4.79 Å². The summed E-state index contributed by atoms with van der Waals surface area (Å²) in [6.45, 7) is 5.96. The van der Waals surface area contributed by atoms with Crippen molar-refractivity contribution in [2.45, 2.75) is 26.3 Å². The van der Waals surface area contributed by atoms with Gasteiger partial charge in [0.2, 0.25) is 12.7 Å². The second-order valence-corrected chi connectivity index (χ2v) is 6.23. The molecule has 114 valence electrons. The van der Waals surface area contributed by atoms with E-state index in [1.165, 1.54) is 0 Å². The second-order valence-electron chi connectivity index (χ2n) is 6.23. The molecule has 2 heterocycles. The van der Waals surface area contributed by atoms with Gasteiger partial charge in [-0.2, -0.15) is 0 Å². The van der Waals surface area contributed by atoms with Crippen molar-refractivity contribution in [3.8, 4) is 11.5 Å². The number of hydrogen-bond donors (Lipinski definition) is 1. The van der Waals surface area contributed by atoms with Crippen LogP contribution >= 0.6 is 0 Å². The molecule has 2 N–H and O–H groups in total. The van der Waals surface area contributed by atoms with Gasteiger partial charge in [0, 0.05) is 25.6 Å². The molecule has 0 saturated carbocycles. The van der Waals surface area contributed by atoms with Crippen LogP contribution in [-0.2, 0) is 4.79 Å². The van der Waals surface area contributed by atoms with Crippen molar-refractivity contribution in [3.05, 3.63) is 23.8 Å². The average molecular weight is 290 g/mol. The van der Waals surface area contributed by atoms with Crippen molar-refractivity contribution in [3.63, 3.8) is 0 Å². The van der Waals surface area contributed by atoms with E-state index < -0.39 is 0 Å². The highest BCUT2D eigenvalue weighted by Gasteiger charge is 2.32. The van der Waals surface area contributed by atoms with Crippen molar-refractivity contribution in [2.24, 2.45) is 17.6 Å². The number of rotatable bonds is 4. The lowest BCUT2D eigenvalue weighted by Crippen LogP contribution is -2.33. The van der Waals surface area contributed by atoms with Crippen molar-refractivity contribution in [1.82, 2.24) is 4.90 Å². The molecule has 0 radical (unpaired) electrons. The van der Waals surface area contributed by atoms with Gasteiger partial charge in [0.15, 0.2) is 11.5 Å². The third-order valence-electron chi connectivity index (χ3n) is 4.43. The van der Waals surface area contributed by atoms with Crippen LogP contribution < -0.4 is 15.2 Å². The lowest BCUT2D eigenvalue weighted by molar-refractivity contribution is -0.128. The van der Waals surface area contributed by atoms with Crippen molar-refractivity contribution < 1.29 is 14.3 Å². The summed E-state index contributed by atoms with van der Waals surface area (Å²) in [4.78, 5) is 14.0. The Kier molecular flexibility index (Phi) is 3.76. The van der Waals surface area contributed by atoms with Crippen molar-refractivity contribution in [1.29, 1.82) is 0 Å². The van der Waals surface area contributed by atoms with E-state index in [2.05, 4.69) is 13.8 Å². The van der Waals surface area contributed by atoms with E-state index in [1.54, 1.807) is 0 Å². The number of nitrogens with zero attached hydrogens (tertiary/aromatic N) is 1. The van der Waals surface area contributed by atoms with Crippen LogP contribution in [0.25, 0.3) is 0 Å². The van der Waals surface area contributed by atoms with Gasteiger partial charge in [0.05, 0.1) is 0 Å². The molecule has 0 aliphatic carbocycles. The molecule has 0 spiro atoms. The summed E-state index contributed by atoms with van der Waals surface area (Å²) in [5, 5.41) is 0. The molecule has 2 aliphatic rings. The SMILES string of the molecule is CC(C)C1CC(=O)N(CC(N)c2ccc3c(c2)OCO3)C1. The molecule has 5 heteroatoms. The topological polar surface area (TPSA) is 64.8 Å². The Morgan fingerprint density at radius 1 is 1.33 bits per heavy atom. The monoisotopic (exact) mass is 290 g/mol. The third-order valence-corrected chi connectivity index (χ3v) is 4.43. The Balaban J connectivity index is 1.66. The van der Waals surface area contributed by atoms with Crippen LogP contribution in [0.15, 0.2) is 18.2 Å². The van der Waals surface area contributed by atoms with E-state index >= 15 is 0 Å².